The molecule has 0 spiro atoms. The van der Waals surface area contributed by atoms with Gasteiger partial charge in [-0.1, -0.05) is 30.3 Å². The van der Waals surface area contributed by atoms with Crippen molar-refractivity contribution in [2.75, 3.05) is 11.9 Å². The summed E-state index contributed by atoms with van der Waals surface area (Å²) in [6.45, 7) is 6.42. The third kappa shape index (κ3) is 4.90. The number of benzene rings is 1. The number of halogens is 2. The van der Waals surface area contributed by atoms with Crippen molar-refractivity contribution in [3.8, 4) is 5.95 Å². The molecule has 0 radical (unpaired) electrons. The molecule has 2 aromatic heterocycles. The molecule has 174 valence electrons. The predicted octanol–water partition coefficient (Wildman–Crippen LogP) is 4.83. The van der Waals surface area contributed by atoms with Crippen LogP contribution in [0.3, 0.4) is 0 Å². The first-order valence-corrected chi connectivity index (χ1v) is 11.7. The van der Waals surface area contributed by atoms with Crippen LogP contribution in [0.25, 0.3) is 5.95 Å². The average molecular weight is 453 g/mol. The molecule has 1 aliphatic heterocycles. The minimum atomic E-state index is -2.55. The van der Waals surface area contributed by atoms with Gasteiger partial charge in [0.25, 0.3) is 5.95 Å². The van der Waals surface area contributed by atoms with E-state index in [9.17, 15) is 8.78 Å². The maximum Gasteiger partial charge on any atom is 0.253 e. The first-order chi connectivity index (χ1) is 15.9. The van der Waals surface area contributed by atoms with Crippen LogP contribution in [0.5, 0.6) is 0 Å². The Morgan fingerprint density at radius 1 is 1.09 bits per heavy atom. The number of aryl methyl sites for hydroxylation is 2. The van der Waals surface area contributed by atoms with Crippen LogP contribution in [0.1, 0.15) is 53.9 Å². The standard InChI is InChI=1S/C25H30F2N6/c1-17-14-18(2)33(31-17)24-29-22-16-32(15-19-6-4-3-5-7-19)13-10-21(22)23(30-24)28-20-8-11-25(26,27)12-9-20/h3-7,14,20H,8-13,15-16H2,1-2H3,(H,28,29,30). The van der Waals surface area contributed by atoms with Crippen LogP contribution in [-0.4, -0.2) is 43.2 Å². The lowest BCUT2D eigenvalue weighted by Crippen LogP contribution is -2.35. The molecule has 1 aromatic carbocycles. The largest absolute Gasteiger partial charge is 0.367 e. The van der Waals surface area contributed by atoms with E-state index in [1.807, 2.05) is 26.0 Å². The van der Waals surface area contributed by atoms with E-state index in [1.165, 1.54) is 5.56 Å². The molecule has 6 nitrogen and oxygen atoms in total. The van der Waals surface area contributed by atoms with Crippen LogP contribution in [0.15, 0.2) is 36.4 Å². The molecular formula is C25H30F2N6. The van der Waals surface area contributed by atoms with E-state index < -0.39 is 5.92 Å². The number of nitrogens with zero attached hydrogens (tertiary/aromatic N) is 5. The van der Waals surface area contributed by atoms with E-state index in [2.05, 4.69) is 39.6 Å². The van der Waals surface area contributed by atoms with Crippen LogP contribution in [0, 0.1) is 13.8 Å². The Hall–Kier alpha value is -2.87. The lowest BCUT2D eigenvalue weighted by molar-refractivity contribution is -0.0361. The van der Waals surface area contributed by atoms with Gasteiger partial charge in [0.15, 0.2) is 0 Å². The van der Waals surface area contributed by atoms with Crippen LogP contribution in [0.2, 0.25) is 0 Å². The molecular weight excluding hydrogens is 422 g/mol. The molecule has 0 bridgehead atoms. The monoisotopic (exact) mass is 452 g/mol. The molecule has 1 saturated carbocycles. The molecule has 0 atom stereocenters. The van der Waals surface area contributed by atoms with E-state index in [-0.39, 0.29) is 18.9 Å². The summed E-state index contributed by atoms with van der Waals surface area (Å²) in [5.41, 5.74) is 5.23. The van der Waals surface area contributed by atoms with Crippen molar-refractivity contribution in [1.29, 1.82) is 0 Å². The number of aromatic nitrogens is 4. The smallest absolute Gasteiger partial charge is 0.253 e. The Labute approximate surface area is 193 Å². The van der Waals surface area contributed by atoms with E-state index in [0.29, 0.717) is 18.8 Å². The SMILES string of the molecule is Cc1cc(C)n(-c2nc3c(c(NC4CCC(F)(F)CC4)n2)CCN(Cc2ccccc2)C3)n1. The van der Waals surface area contributed by atoms with Crippen LogP contribution >= 0.6 is 0 Å². The number of rotatable bonds is 5. The maximum absolute atomic E-state index is 13.7. The fourth-order valence-corrected chi connectivity index (χ4v) is 4.87. The first-order valence-electron chi connectivity index (χ1n) is 11.7. The Balaban J connectivity index is 1.45. The van der Waals surface area contributed by atoms with Crippen LogP contribution < -0.4 is 5.32 Å². The molecule has 3 aromatic rings. The average Bonchev–Trinajstić information content (AvgIpc) is 3.13. The Morgan fingerprint density at radius 2 is 1.85 bits per heavy atom. The van der Waals surface area contributed by atoms with Crippen molar-refractivity contribution in [3.05, 3.63) is 64.6 Å². The summed E-state index contributed by atoms with van der Waals surface area (Å²) < 4.78 is 29.1. The number of anilines is 1. The number of hydrogen-bond acceptors (Lipinski definition) is 5. The molecule has 1 aliphatic carbocycles. The molecule has 8 heteroatoms. The highest BCUT2D eigenvalue weighted by Crippen LogP contribution is 2.35. The Morgan fingerprint density at radius 3 is 2.55 bits per heavy atom. The molecule has 1 fully saturated rings. The highest BCUT2D eigenvalue weighted by molar-refractivity contribution is 5.50. The predicted molar refractivity (Wildman–Crippen MR) is 124 cm³/mol. The number of alkyl halides is 2. The van der Waals surface area contributed by atoms with Crippen molar-refractivity contribution in [1.82, 2.24) is 24.6 Å². The van der Waals surface area contributed by atoms with Gasteiger partial charge in [-0.2, -0.15) is 10.1 Å². The highest BCUT2D eigenvalue weighted by atomic mass is 19.3. The quantitative estimate of drug-likeness (QED) is 0.601. The van der Waals surface area contributed by atoms with E-state index in [1.54, 1.807) is 4.68 Å². The third-order valence-electron chi connectivity index (χ3n) is 6.64. The highest BCUT2D eigenvalue weighted by Gasteiger charge is 2.35. The second kappa shape index (κ2) is 8.82. The van der Waals surface area contributed by atoms with Gasteiger partial charge in [0, 0.05) is 49.8 Å². The molecule has 33 heavy (non-hydrogen) atoms. The zero-order chi connectivity index (χ0) is 23.0. The molecule has 0 unspecified atom stereocenters. The second-order valence-corrected chi connectivity index (χ2v) is 9.36. The minimum absolute atomic E-state index is 0.000669. The summed E-state index contributed by atoms with van der Waals surface area (Å²) >= 11 is 0. The Bertz CT molecular complexity index is 1120. The van der Waals surface area contributed by atoms with Gasteiger partial charge < -0.3 is 5.32 Å². The number of hydrogen-bond donors (Lipinski definition) is 1. The molecule has 2 aliphatic rings. The van der Waals surface area contributed by atoms with Gasteiger partial charge in [-0.25, -0.2) is 18.4 Å². The molecule has 5 rings (SSSR count). The van der Waals surface area contributed by atoms with Gasteiger partial charge in [0.1, 0.15) is 5.82 Å². The molecule has 0 amide bonds. The van der Waals surface area contributed by atoms with Gasteiger partial charge in [-0.3, -0.25) is 4.90 Å². The zero-order valence-electron chi connectivity index (χ0n) is 19.2. The molecule has 1 N–H and O–H groups in total. The Kier molecular flexibility index (Phi) is 5.86. The first kappa shape index (κ1) is 21.9. The fraction of sp³-hybridized carbons (Fsp3) is 0.480. The van der Waals surface area contributed by atoms with E-state index in [0.717, 1.165) is 54.5 Å². The van der Waals surface area contributed by atoms with Gasteiger partial charge in [0.2, 0.25) is 5.92 Å². The topological polar surface area (TPSA) is 58.9 Å². The van der Waals surface area contributed by atoms with Gasteiger partial charge in [-0.05, 0) is 44.7 Å². The van der Waals surface area contributed by atoms with Crippen molar-refractivity contribution < 1.29 is 8.78 Å². The lowest BCUT2D eigenvalue weighted by atomic mass is 9.92. The van der Waals surface area contributed by atoms with E-state index in [4.69, 9.17) is 9.97 Å². The number of nitrogens with one attached hydrogen (secondary N) is 1. The van der Waals surface area contributed by atoms with Crippen molar-refractivity contribution in [2.24, 2.45) is 0 Å². The second-order valence-electron chi connectivity index (χ2n) is 9.36. The van der Waals surface area contributed by atoms with Crippen molar-refractivity contribution in [2.45, 2.75) is 71.0 Å². The normalized spacial score (nSPS) is 18.8. The lowest BCUT2D eigenvalue weighted by Gasteiger charge is -2.32. The summed E-state index contributed by atoms with van der Waals surface area (Å²) in [5.74, 6) is -1.24. The number of fused-ring (bicyclic) bond motifs is 1. The maximum atomic E-state index is 13.7. The van der Waals surface area contributed by atoms with Crippen LogP contribution in [-0.2, 0) is 19.5 Å². The van der Waals surface area contributed by atoms with Gasteiger partial charge in [0.05, 0.1) is 11.4 Å². The zero-order valence-corrected chi connectivity index (χ0v) is 19.2. The van der Waals surface area contributed by atoms with Crippen molar-refractivity contribution in [3.63, 3.8) is 0 Å². The van der Waals surface area contributed by atoms with E-state index >= 15 is 0 Å². The van der Waals surface area contributed by atoms with Gasteiger partial charge in [-0.15, -0.1) is 0 Å². The molecule has 3 heterocycles. The summed E-state index contributed by atoms with van der Waals surface area (Å²) in [5, 5.41) is 8.08. The van der Waals surface area contributed by atoms with Crippen molar-refractivity contribution >= 4 is 5.82 Å². The van der Waals surface area contributed by atoms with Crippen LogP contribution in [0.4, 0.5) is 14.6 Å². The molecule has 0 saturated heterocycles. The summed E-state index contributed by atoms with van der Waals surface area (Å²) in [6, 6.07) is 12.4. The minimum Gasteiger partial charge on any atom is -0.367 e. The summed E-state index contributed by atoms with van der Waals surface area (Å²) in [4.78, 5) is 12.1. The summed E-state index contributed by atoms with van der Waals surface area (Å²) in [6.07, 6.45) is 1.56. The van der Waals surface area contributed by atoms with Gasteiger partial charge >= 0.3 is 0 Å². The third-order valence-corrected chi connectivity index (χ3v) is 6.64. The fourth-order valence-electron chi connectivity index (χ4n) is 4.87. The summed E-state index contributed by atoms with van der Waals surface area (Å²) in [7, 11) is 0.